The van der Waals surface area contributed by atoms with E-state index in [-0.39, 0.29) is 0 Å². The monoisotopic (exact) mass is 177 g/mol. The number of thiocarbonyl (C=S) groups is 1. The Labute approximate surface area is 71.6 Å². The van der Waals surface area contributed by atoms with Crippen LogP contribution in [0.1, 0.15) is 0 Å². The molecule has 1 heterocycles. The van der Waals surface area contributed by atoms with Crippen LogP contribution in [0.25, 0.3) is 0 Å². The van der Waals surface area contributed by atoms with Crippen LogP contribution in [-0.2, 0) is 0 Å². The first kappa shape index (κ1) is 8.10. The maximum absolute atomic E-state index is 4.87. The normalized spacial score (nSPS) is 19.9. The van der Waals surface area contributed by atoms with E-state index in [2.05, 4.69) is 28.2 Å². The van der Waals surface area contributed by atoms with Crippen LogP contribution in [-0.4, -0.2) is 35.6 Å². The average Bonchev–Trinajstić information content (AvgIpc) is 1.95. The summed E-state index contributed by atoms with van der Waals surface area (Å²) in [5.74, 6) is 0.885. The SMILES string of the molecule is S=C1NCN(CCS)CN1. The standard InChI is InChI=1S/C5H11N3S2/c9-2-1-8-3-6-5(10)7-4-8/h9H,1-4H2,(H2,6,7,10). The molecule has 1 aliphatic rings. The molecule has 1 rings (SSSR count). The first-order chi connectivity index (χ1) is 4.83. The van der Waals surface area contributed by atoms with Gasteiger partial charge < -0.3 is 10.6 Å². The van der Waals surface area contributed by atoms with Gasteiger partial charge >= 0.3 is 0 Å². The van der Waals surface area contributed by atoms with Crippen molar-refractivity contribution in [2.75, 3.05) is 25.6 Å². The summed E-state index contributed by atoms with van der Waals surface area (Å²) in [6.45, 7) is 2.67. The molecule has 1 aliphatic heterocycles. The Balaban J connectivity index is 2.19. The van der Waals surface area contributed by atoms with E-state index in [0.717, 1.165) is 30.7 Å². The van der Waals surface area contributed by atoms with Crippen molar-refractivity contribution in [1.82, 2.24) is 15.5 Å². The summed E-state index contributed by atoms with van der Waals surface area (Å²) in [4.78, 5) is 2.20. The molecule has 5 heteroatoms. The van der Waals surface area contributed by atoms with Crippen molar-refractivity contribution in [2.24, 2.45) is 0 Å². The van der Waals surface area contributed by atoms with Crippen molar-refractivity contribution in [1.29, 1.82) is 0 Å². The topological polar surface area (TPSA) is 27.3 Å². The Morgan fingerprint density at radius 1 is 1.50 bits per heavy atom. The van der Waals surface area contributed by atoms with Crippen LogP contribution in [0.3, 0.4) is 0 Å². The van der Waals surface area contributed by atoms with Crippen molar-refractivity contribution < 1.29 is 0 Å². The van der Waals surface area contributed by atoms with Gasteiger partial charge in [0.2, 0.25) is 0 Å². The van der Waals surface area contributed by atoms with Gasteiger partial charge in [0, 0.05) is 12.3 Å². The van der Waals surface area contributed by atoms with Gasteiger partial charge in [-0.3, -0.25) is 4.90 Å². The van der Waals surface area contributed by atoms with Crippen LogP contribution < -0.4 is 10.6 Å². The van der Waals surface area contributed by atoms with Gasteiger partial charge in [0.15, 0.2) is 5.11 Å². The lowest BCUT2D eigenvalue weighted by Crippen LogP contribution is -2.54. The van der Waals surface area contributed by atoms with Crippen LogP contribution in [0.2, 0.25) is 0 Å². The van der Waals surface area contributed by atoms with E-state index >= 15 is 0 Å². The van der Waals surface area contributed by atoms with Crippen molar-refractivity contribution >= 4 is 30.0 Å². The predicted octanol–water partition coefficient (Wildman–Crippen LogP) is -0.389. The molecule has 0 aliphatic carbocycles. The van der Waals surface area contributed by atoms with E-state index in [1.165, 1.54) is 0 Å². The summed E-state index contributed by atoms with van der Waals surface area (Å²) in [6, 6.07) is 0. The van der Waals surface area contributed by atoms with E-state index in [1.807, 2.05) is 0 Å². The Morgan fingerprint density at radius 2 is 2.10 bits per heavy atom. The van der Waals surface area contributed by atoms with Crippen molar-refractivity contribution in [3.63, 3.8) is 0 Å². The lowest BCUT2D eigenvalue weighted by Gasteiger charge is -2.28. The molecule has 0 aromatic heterocycles. The molecule has 0 aromatic rings. The molecule has 3 nitrogen and oxygen atoms in total. The third kappa shape index (κ3) is 2.32. The summed E-state index contributed by atoms with van der Waals surface area (Å²) in [5, 5.41) is 6.80. The molecule has 10 heavy (non-hydrogen) atoms. The fraction of sp³-hybridized carbons (Fsp3) is 0.800. The predicted molar refractivity (Wildman–Crippen MR) is 49.2 cm³/mol. The number of hydrogen-bond donors (Lipinski definition) is 3. The highest BCUT2D eigenvalue weighted by Gasteiger charge is 2.09. The van der Waals surface area contributed by atoms with E-state index in [4.69, 9.17) is 12.2 Å². The smallest absolute Gasteiger partial charge is 0.168 e. The molecule has 0 bridgehead atoms. The summed E-state index contributed by atoms with van der Waals surface area (Å²) in [5.41, 5.74) is 0. The second kappa shape index (κ2) is 4.00. The summed E-state index contributed by atoms with van der Waals surface area (Å²) in [6.07, 6.45) is 0. The molecule has 1 saturated heterocycles. The zero-order valence-electron chi connectivity index (χ0n) is 5.63. The zero-order chi connectivity index (χ0) is 7.40. The lowest BCUT2D eigenvalue weighted by atomic mass is 10.6. The van der Waals surface area contributed by atoms with Crippen LogP contribution >= 0.6 is 24.8 Å². The van der Waals surface area contributed by atoms with Crippen LogP contribution in [0, 0.1) is 0 Å². The molecule has 2 N–H and O–H groups in total. The second-order valence-electron chi connectivity index (χ2n) is 2.12. The number of rotatable bonds is 2. The number of nitrogens with zero attached hydrogens (tertiary/aromatic N) is 1. The van der Waals surface area contributed by atoms with Gasteiger partial charge in [-0.2, -0.15) is 12.6 Å². The van der Waals surface area contributed by atoms with Crippen LogP contribution in [0.4, 0.5) is 0 Å². The molecule has 0 atom stereocenters. The van der Waals surface area contributed by atoms with Gasteiger partial charge in [-0.15, -0.1) is 0 Å². The Morgan fingerprint density at radius 3 is 2.60 bits per heavy atom. The maximum Gasteiger partial charge on any atom is 0.168 e. The minimum atomic E-state index is 0.746. The fourth-order valence-electron chi connectivity index (χ4n) is 0.785. The average molecular weight is 177 g/mol. The number of hydrogen-bond acceptors (Lipinski definition) is 3. The Kier molecular flexibility index (Phi) is 3.24. The second-order valence-corrected chi connectivity index (χ2v) is 2.97. The van der Waals surface area contributed by atoms with Gasteiger partial charge in [-0.05, 0) is 12.2 Å². The minimum Gasteiger partial charge on any atom is -0.350 e. The summed E-state index contributed by atoms with van der Waals surface area (Å²) >= 11 is 9.00. The molecular formula is C5H11N3S2. The van der Waals surface area contributed by atoms with Gasteiger partial charge in [0.05, 0.1) is 13.3 Å². The highest BCUT2D eigenvalue weighted by molar-refractivity contribution is 7.80. The van der Waals surface area contributed by atoms with E-state index in [0.29, 0.717) is 0 Å². The molecule has 0 spiro atoms. The lowest BCUT2D eigenvalue weighted by molar-refractivity contribution is 0.259. The Bertz CT molecular complexity index is 118. The zero-order valence-corrected chi connectivity index (χ0v) is 7.34. The highest BCUT2D eigenvalue weighted by Crippen LogP contribution is 1.89. The van der Waals surface area contributed by atoms with E-state index in [9.17, 15) is 0 Å². The third-order valence-electron chi connectivity index (χ3n) is 1.34. The molecule has 0 unspecified atom stereocenters. The first-order valence-electron chi connectivity index (χ1n) is 3.18. The summed E-state index contributed by atoms with van der Waals surface area (Å²) in [7, 11) is 0. The molecule has 0 amide bonds. The number of nitrogens with one attached hydrogen (secondary N) is 2. The van der Waals surface area contributed by atoms with E-state index < -0.39 is 0 Å². The van der Waals surface area contributed by atoms with E-state index in [1.54, 1.807) is 0 Å². The molecule has 0 saturated carbocycles. The van der Waals surface area contributed by atoms with Crippen LogP contribution in [0.15, 0.2) is 0 Å². The molecule has 0 aromatic carbocycles. The van der Waals surface area contributed by atoms with Crippen LogP contribution in [0.5, 0.6) is 0 Å². The first-order valence-corrected chi connectivity index (χ1v) is 4.22. The van der Waals surface area contributed by atoms with Crippen molar-refractivity contribution in [3.05, 3.63) is 0 Å². The highest BCUT2D eigenvalue weighted by atomic mass is 32.1. The fourth-order valence-corrected chi connectivity index (χ4v) is 1.20. The third-order valence-corrected chi connectivity index (χ3v) is 1.83. The molecule has 1 fully saturated rings. The minimum absolute atomic E-state index is 0.746. The maximum atomic E-state index is 4.87. The van der Waals surface area contributed by atoms with Gasteiger partial charge in [0.1, 0.15) is 0 Å². The van der Waals surface area contributed by atoms with Gasteiger partial charge in [-0.25, -0.2) is 0 Å². The Hall–Kier alpha value is -0.0000000000000000555. The quantitative estimate of drug-likeness (QED) is 0.396. The van der Waals surface area contributed by atoms with Gasteiger partial charge in [0.25, 0.3) is 0 Å². The number of thiol groups is 1. The largest absolute Gasteiger partial charge is 0.350 e. The molecule has 0 radical (unpaired) electrons. The van der Waals surface area contributed by atoms with Crippen molar-refractivity contribution in [3.8, 4) is 0 Å². The molecular weight excluding hydrogens is 166 g/mol. The van der Waals surface area contributed by atoms with Gasteiger partial charge in [-0.1, -0.05) is 0 Å². The summed E-state index contributed by atoms with van der Waals surface area (Å²) < 4.78 is 0. The molecule has 58 valence electrons. The van der Waals surface area contributed by atoms with Crippen molar-refractivity contribution in [2.45, 2.75) is 0 Å².